The van der Waals surface area contributed by atoms with Gasteiger partial charge < -0.3 is 9.26 Å². The molecule has 1 aromatic carbocycles. The molecule has 0 aliphatic carbocycles. The highest BCUT2D eigenvalue weighted by atomic mass is 19.1. The fourth-order valence-corrected chi connectivity index (χ4v) is 2.53. The second-order valence-corrected chi connectivity index (χ2v) is 5.90. The number of ether oxygens (including phenoxy) is 1. The van der Waals surface area contributed by atoms with Gasteiger partial charge in [-0.2, -0.15) is 4.98 Å². The Morgan fingerprint density at radius 2 is 2.18 bits per heavy atom. The number of halogens is 1. The van der Waals surface area contributed by atoms with Crippen LogP contribution in [-0.2, 0) is 11.3 Å². The summed E-state index contributed by atoms with van der Waals surface area (Å²) in [5.41, 5.74) is 1.23. The van der Waals surface area contributed by atoms with Gasteiger partial charge in [-0.15, -0.1) is 0 Å². The summed E-state index contributed by atoms with van der Waals surface area (Å²) in [7, 11) is 0. The first-order valence-electron chi connectivity index (χ1n) is 7.47. The molecule has 0 unspecified atom stereocenters. The van der Waals surface area contributed by atoms with Gasteiger partial charge in [0.15, 0.2) is 0 Å². The molecule has 3 rings (SSSR count). The summed E-state index contributed by atoms with van der Waals surface area (Å²) < 4.78 is 24.5. The highest BCUT2D eigenvalue weighted by Crippen LogP contribution is 2.20. The fourth-order valence-electron chi connectivity index (χ4n) is 2.53. The minimum Gasteiger partial charge on any atom is -0.376 e. The van der Waals surface area contributed by atoms with E-state index in [0.29, 0.717) is 42.0 Å². The lowest BCUT2D eigenvalue weighted by Gasteiger charge is -2.35. The van der Waals surface area contributed by atoms with Crippen molar-refractivity contribution >= 4 is 0 Å². The molecule has 5 nitrogen and oxygen atoms in total. The van der Waals surface area contributed by atoms with Gasteiger partial charge in [-0.05, 0) is 32.4 Å². The van der Waals surface area contributed by atoms with E-state index in [1.807, 2.05) is 6.92 Å². The predicted octanol–water partition coefficient (Wildman–Crippen LogP) is 2.79. The molecule has 118 valence electrons. The molecule has 0 radical (unpaired) electrons. The summed E-state index contributed by atoms with van der Waals surface area (Å²) in [5, 5.41) is 3.96. The molecule has 0 saturated carbocycles. The number of benzene rings is 1. The summed E-state index contributed by atoms with van der Waals surface area (Å²) in [5.74, 6) is 0.694. The summed E-state index contributed by atoms with van der Waals surface area (Å²) in [6, 6.07) is 5.26. The third kappa shape index (κ3) is 3.18. The number of morpholine rings is 1. The quantitative estimate of drug-likeness (QED) is 0.873. The minimum atomic E-state index is -0.264. The van der Waals surface area contributed by atoms with Crippen LogP contribution in [-0.4, -0.2) is 40.3 Å². The first-order chi connectivity index (χ1) is 10.5. The van der Waals surface area contributed by atoms with Gasteiger partial charge in [-0.25, -0.2) is 4.39 Å². The number of rotatable bonds is 3. The molecule has 0 N–H and O–H groups in total. The third-order valence-electron chi connectivity index (χ3n) is 3.97. The van der Waals surface area contributed by atoms with Crippen LogP contribution in [0.3, 0.4) is 0 Å². The zero-order chi connectivity index (χ0) is 15.7. The van der Waals surface area contributed by atoms with Crippen LogP contribution < -0.4 is 0 Å². The number of hydrogen-bond donors (Lipinski definition) is 0. The van der Waals surface area contributed by atoms with Gasteiger partial charge in [-0.3, -0.25) is 4.90 Å². The summed E-state index contributed by atoms with van der Waals surface area (Å²) in [6.45, 7) is 7.99. The van der Waals surface area contributed by atoms with Gasteiger partial charge in [-0.1, -0.05) is 17.3 Å². The Bertz CT molecular complexity index is 659. The van der Waals surface area contributed by atoms with E-state index in [0.717, 1.165) is 6.54 Å². The topological polar surface area (TPSA) is 51.4 Å². The van der Waals surface area contributed by atoms with Crippen LogP contribution >= 0.6 is 0 Å². The molecule has 0 amide bonds. The molecule has 2 atom stereocenters. The van der Waals surface area contributed by atoms with Gasteiger partial charge >= 0.3 is 0 Å². The van der Waals surface area contributed by atoms with Crippen LogP contribution in [0.1, 0.15) is 25.3 Å². The van der Waals surface area contributed by atoms with Gasteiger partial charge in [0.05, 0.1) is 19.3 Å². The lowest BCUT2D eigenvalue weighted by Crippen LogP contribution is -2.46. The van der Waals surface area contributed by atoms with E-state index >= 15 is 0 Å². The van der Waals surface area contributed by atoms with Gasteiger partial charge in [0.2, 0.25) is 11.7 Å². The Morgan fingerprint density at radius 3 is 2.95 bits per heavy atom. The molecular formula is C16H20FN3O2. The average Bonchev–Trinajstić information content (AvgIpc) is 2.94. The molecule has 2 heterocycles. The maximum Gasteiger partial charge on any atom is 0.241 e. The summed E-state index contributed by atoms with van der Waals surface area (Å²) >= 11 is 0. The standard InChI is InChI=1S/C16H20FN3O2/c1-10-4-5-13(6-14(10)17)16-18-15(22-19-16)8-20-7-12(3)21-9-11(20)2/h4-6,11-12H,7-9H2,1-3H3/t11-,12+/m0/s1. The predicted molar refractivity (Wildman–Crippen MR) is 79.7 cm³/mol. The van der Waals surface area contributed by atoms with Gasteiger partial charge in [0.1, 0.15) is 5.82 Å². The van der Waals surface area contributed by atoms with Crippen LogP contribution in [0.5, 0.6) is 0 Å². The van der Waals surface area contributed by atoms with E-state index in [1.165, 1.54) is 6.07 Å². The van der Waals surface area contributed by atoms with Crippen molar-refractivity contribution in [3.05, 3.63) is 35.5 Å². The molecule has 1 aliphatic heterocycles. The maximum atomic E-state index is 13.6. The van der Waals surface area contributed by atoms with Gasteiger partial charge in [0, 0.05) is 18.2 Å². The third-order valence-corrected chi connectivity index (χ3v) is 3.97. The lowest BCUT2D eigenvalue weighted by atomic mass is 10.1. The number of nitrogens with zero attached hydrogens (tertiary/aromatic N) is 3. The number of aryl methyl sites for hydroxylation is 1. The second-order valence-electron chi connectivity index (χ2n) is 5.90. The minimum absolute atomic E-state index is 0.199. The molecule has 0 bridgehead atoms. The molecular weight excluding hydrogens is 285 g/mol. The van der Waals surface area contributed by atoms with Crippen molar-refractivity contribution in [3.63, 3.8) is 0 Å². The van der Waals surface area contributed by atoms with Crippen molar-refractivity contribution in [2.45, 2.75) is 39.5 Å². The van der Waals surface area contributed by atoms with E-state index in [-0.39, 0.29) is 11.9 Å². The molecule has 0 spiro atoms. The Balaban J connectivity index is 1.74. The van der Waals surface area contributed by atoms with Crippen LogP contribution in [0.25, 0.3) is 11.4 Å². The van der Waals surface area contributed by atoms with Crippen LogP contribution in [0.15, 0.2) is 22.7 Å². The molecule has 1 fully saturated rings. The average molecular weight is 305 g/mol. The zero-order valence-electron chi connectivity index (χ0n) is 13.0. The first kappa shape index (κ1) is 15.1. The Morgan fingerprint density at radius 1 is 1.36 bits per heavy atom. The van der Waals surface area contributed by atoms with Gasteiger partial charge in [0.25, 0.3) is 0 Å². The second kappa shape index (κ2) is 6.14. The molecule has 2 aromatic rings. The highest BCUT2D eigenvalue weighted by Gasteiger charge is 2.25. The van der Waals surface area contributed by atoms with Crippen molar-refractivity contribution in [2.75, 3.05) is 13.2 Å². The van der Waals surface area contributed by atoms with E-state index in [9.17, 15) is 4.39 Å². The number of hydrogen-bond acceptors (Lipinski definition) is 5. The monoisotopic (exact) mass is 305 g/mol. The normalized spacial score (nSPS) is 22.9. The molecule has 1 aromatic heterocycles. The van der Waals surface area contributed by atoms with Crippen molar-refractivity contribution in [3.8, 4) is 11.4 Å². The van der Waals surface area contributed by atoms with E-state index < -0.39 is 0 Å². The maximum absolute atomic E-state index is 13.6. The Kier molecular flexibility index (Phi) is 4.22. The van der Waals surface area contributed by atoms with Crippen LogP contribution in [0.4, 0.5) is 4.39 Å². The number of aromatic nitrogens is 2. The molecule has 1 saturated heterocycles. The Hall–Kier alpha value is -1.79. The summed E-state index contributed by atoms with van der Waals surface area (Å²) in [4.78, 5) is 6.63. The van der Waals surface area contributed by atoms with Crippen molar-refractivity contribution in [1.82, 2.24) is 15.0 Å². The van der Waals surface area contributed by atoms with Crippen LogP contribution in [0, 0.1) is 12.7 Å². The largest absolute Gasteiger partial charge is 0.376 e. The fraction of sp³-hybridized carbons (Fsp3) is 0.500. The molecule has 22 heavy (non-hydrogen) atoms. The summed E-state index contributed by atoms with van der Waals surface area (Å²) in [6.07, 6.45) is 0.199. The molecule has 6 heteroatoms. The van der Waals surface area contributed by atoms with E-state index in [2.05, 4.69) is 22.0 Å². The highest BCUT2D eigenvalue weighted by molar-refractivity contribution is 5.54. The van der Waals surface area contributed by atoms with E-state index in [4.69, 9.17) is 9.26 Å². The SMILES string of the molecule is Cc1ccc(-c2noc(CN3C[C@@H](C)OC[C@@H]3C)n2)cc1F. The van der Waals surface area contributed by atoms with Crippen molar-refractivity contribution in [1.29, 1.82) is 0 Å². The first-order valence-corrected chi connectivity index (χ1v) is 7.47. The van der Waals surface area contributed by atoms with Crippen molar-refractivity contribution < 1.29 is 13.7 Å². The van der Waals surface area contributed by atoms with E-state index in [1.54, 1.807) is 19.1 Å². The van der Waals surface area contributed by atoms with Crippen LogP contribution in [0.2, 0.25) is 0 Å². The lowest BCUT2D eigenvalue weighted by molar-refractivity contribution is -0.0555. The smallest absolute Gasteiger partial charge is 0.241 e. The molecule has 1 aliphatic rings. The zero-order valence-corrected chi connectivity index (χ0v) is 13.0. The van der Waals surface area contributed by atoms with Crippen molar-refractivity contribution in [2.24, 2.45) is 0 Å². The Labute approximate surface area is 129 Å².